The third-order valence-corrected chi connectivity index (χ3v) is 5.74. The highest BCUT2D eigenvalue weighted by molar-refractivity contribution is 7.80. The second-order valence-electron chi connectivity index (χ2n) is 7.23. The van der Waals surface area contributed by atoms with Gasteiger partial charge in [0.15, 0.2) is 16.6 Å². The highest BCUT2D eigenvalue weighted by Gasteiger charge is 2.29. The van der Waals surface area contributed by atoms with Crippen molar-refractivity contribution in [3.05, 3.63) is 53.1 Å². The second-order valence-corrected chi connectivity index (χ2v) is 7.64. The molecule has 2 aromatic carbocycles. The van der Waals surface area contributed by atoms with Gasteiger partial charge >= 0.3 is 0 Å². The first-order valence-electron chi connectivity index (χ1n) is 10.2. The van der Waals surface area contributed by atoms with Crippen LogP contribution in [0.2, 0.25) is 0 Å². The quantitative estimate of drug-likeness (QED) is 0.625. The summed E-state index contributed by atoms with van der Waals surface area (Å²) in [6.45, 7) is 5.35. The van der Waals surface area contributed by atoms with Gasteiger partial charge in [0.25, 0.3) is 0 Å². The number of hydrogen-bond donors (Lipinski definition) is 2. The Morgan fingerprint density at radius 2 is 1.73 bits per heavy atom. The van der Waals surface area contributed by atoms with E-state index in [4.69, 9.17) is 26.4 Å². The van der Waals surface area contributed by atoms with Crippen molar-refractivity contribution in [3.8, 4) is 17.2 Å². The Bertz CT molecular complexity index is 858. The fourth-order valence-electron chi connectivity index (χ4n) is 3.89. The highest BCUT2D eigenvalue weighted by Crippen LogP contribution is 2.38. The molecule has 0 amide bonds. The summed E-state index contributed by atoms with van der Waals surface area (Å²) in [4.78, 5) is 2.48. The molecule has 0 saturated heterocycles. The van der Waals surface area contributed by atoms with Gasteiger partial charge in [0.2, 0.25) is 0 Å². The van der Waals surface area contributed by atoms with Gasteiger partial charge < -0.3 is 24.8 Å². The van der Waals surface area contributed by atoms with Crippen LogP contribution in [-0.4, -0.2) is 51.0 Å². The minimum atomic E-state index is 0.160. The summed E-state index contributed by atoms with van der Waals surface area (Å²) in [5.41, 5.74) is 3.79. The van der Waals surface area contributed by atoms with Crippen molar-refractivity contribution < 1.29 is 14.2 Å². The van der Waals surface area contributed by atoms with Gasteiger partial charge in [-0.2, -0.15) is 0 Å². The zero-order valence-electron chi connectivity index (χ0n) is 18.2. The van der Waals surface area contributed by atoms with Crippen molar-refractivity contribution in [1.29, 1.82) is 0 Å². The van der Waals surface area contributed by atoms with Crippen molar-refractivity contribution in [2.24, 2.45) is 0 Å². The van der Waals surface area contributed by atoms with Crippen molar-refractivity contribution in [3.63, 3.8) is 0 Å². The molecule has 3 rings (SSSR count). The largest absolute Gasteiger partial charge is 0.497 e. The molecule has 0 aromatic heterocycles. The van der Waals surface area contributed by atoms with Gasteiger partial charge in [-0.05, 0) is 66.5 Å². The molecule has 0 fully saturated rings. The van der Waals surface area contributed by atoms with Crippen LogP contribution in [0.25, 0.3) is 0 Å². The molecule has 1 aliphatic heterocycles. The maximum absolute atomic E-state index is 5.58. The Kier molecular flexibility index (Phi) is 7.76. The average molecular weight is 430 g/mol. The predicted octanol–water partition coefficient (Wildman–Crippen LogP) is 3.30. The van der Waals surface area contributed by atoms with E-state index in [-0.39, 0.29) is 6.04 Å². The molecule has 0 saturated carbocycles. The van der Waals surface area contributed by atoms with Gasteiger partial charge in [-0.1, -0.05) is 12.1 Å². The molecular weight excluding hydrogens is 398 g/mol. The summed E-state index contributed by atoms with van der Waals surface area (Å²) in [5, 5.41) is 7.23. The predicted molar refractivity (Wildman–Crippen MR) is 124 cm³/mol. The molecule has 0 aliphatic carbocycles. The van der Waals surface area contributed by atoms with Gasteiger partial charge in [0, 0.05) is 26.2 Å². The fraction of sp³-hybridized carbons (Fsp3) is 0.435. The Balaban J connectivity index is 1.88. The number of ether oxygens (including phenoxy) is 3. The number of rotatable bonds is 8. The molecule has 162 valence electrons. The lowest BCUT2D eigenvalue weighted by atomic mass is 9.91. The maximum Gasteiger partial charge on any atom is 0.166 e. The number of methoxy groups -OCH3 is 3. The lowest BCUT2D eigenvalue weighted by molar-refractivity contribution is 0.176. The van der Waals surface area contributed by atoms with E-state index in [1.807, 2.05) is 19.1 Å². The van der Waals surface area contributed by atoms with Gasteiger partial charge in [-0.3, -0.25) is 4.90 Å². The van der Waals surface area contributed by atoms with Gasteiger partial charge in [0.1, 0.15) is 5.75 Å². The van der Waals surface area contributed by atoms with Crippen molar-refractivity contribution in [2.45, 2.75) is 25.9 Å². The minimum absolute atomic E-state index is 0.160. The highest BCUT2D eigenvalue weighted by atomic mass is 32.1. The minimum Gasteiger partial charge on any atom is -0.497 e. The van der Waals surface area contributed by atoms with Crippen molar-refractivity contribution in [2.75, 3.05) is 41.0 Å². The first kappa shape index (κ1) is 22.2. The standard InChI is InChI=1S/C23H31N3O3S/c1-5-24-23(30)25-14-20-19-13-22(29-4)21(28-3)12-17(19)10-11-26(20)15-16-6-8-18(27-2)9-7-16/h6-9,12-13,20H,5,10-11,14-15H2,1-4H3,(H2,24,25,30)/t20-/m0/s1. The Hall–Kier alpha value is -2.51. The third kappa shape index (κ3) is 5.15. The summed E-state index contributed by atoms with van der Waals surface area (Å²) >= 11 is 5.41. The number of nitrogens with one attached hydrogen (secondary N) is 2. The molecule has 1 atom stereocenters. The van der Waals surface area contributed by atoms with Gasteiger partial charge in [-0.25, -0.2) is 0 Å². The lowest BCUT2D eigenvalue weighted by Gasteiger charge is -2.38. The van der Waals surface area contributed by atoms with Crippen LogP contribution in [0.1, 0.15) is 29.7 Å². The van der Waals surface area contributed by atoms with Crippen molar-refractivity contribution in [1.82, 2.24) is 15.5 Å². The van der Waals surface area contributed by atoms with Crippen LogP contribution in [-0.2, 0) is 13.0 Å². The number of hydrogen-bond acceptors (Lipinski definition) is 5. The monoisotopic (exact) mass is 429 g/mol. The fourth-order valence-corrected chi connectivity index (χ4v) is 4.11. The molecule has 6 nitrogen and oxygen atoms in total. The van der Waals surface area contributed by atoms with E-state index in [0.29, 0.717) is 11.7 Å². The number of nitrogens with zero attached hydrogens (tertiary/aromatic N) is 1. The molecule has 1 aliphatic rings. The number of benzene rings is 2. The Labute approximate surface area is 184 Å². The summed E-state index contributed by atoms with van der Waals surface area (Å²) in [6.07, 6.45) is 0.958. The van der Waals surface area contributed by atoms with Gasteiger partial charge in [0.05, 0.1) is 27.4 Å². The summed E-state index contributed by atoms with van der Waals surface area (Å²) < 4.78 is 16.4. The van der Waals surface area contributed by atoms with Crippen LogP contribution in [0.3, 0.4) is 0 Å². The van der Waals surface area contributed by atoms with Crippen LogP contribution in [0.4, 0.5) is 0 Å². The van der Waals surface area contributed by atoms with E-state index in [1.165, 1.54) is 16.7 Å². The second kappa shape index (κ2) is 10.5. The number of fused-ring (bicyclic) bond motifs is 1. The van der Waals surface area contributed by atoms with Crippen LogP contribution >= 0.6 is 12.2 Å². The molecule has 1 heterocycles. The molecular formula is C23H31N3O3S. The zero-order chi connectivity index (χ0) is 21.5. The Morgan fingerprint density at radius 1 is 1.03 bits per heavy atom. The molecule has 30 heavy (non-hydrogen) atoms. The summed E-state index contributed by atoms with van der Waals surface area (Å²) in [6, 6.07) is 12.6. The molecule has 2 aromatic rings. The maximum atomic E-state index is 5.58. The molecule has 0 unspecified atom stereocenters. The molecule has 0 radical (unpaired) electrons. The van der Waals surface area contributed by atoms with E-state index in [9.17, 15) is 0 Å². The first-order chi connectivity index (χ1) is 14.6. The van der Waals surface area contributed by atoms with E-state index in [0.717, 1.165) is 43.3 Å². The van der Waals surface area contributed by atoms with E-state index >= 15 is 0 Å². The zero-order valence-corrected chi connectivity index (χ0v) is 19.0. The first-order valence-corrected chi connectivity index (χ1v) is 10.6. The SMILES string of the molecule is CCNC(=S)NC[C@H]1c2cc(OC)c(OC)cc2CCN1Cc1ccc(OC)cc1. The topological polar surface area (TPSA) is 55.0 Å². The molecule has 7 heteroatoms. The lowest BCUT2D eigenvalue weighted by Crippen LogP contribution is -2.44. The van der Waals surface area contributed by atoms with Gasteiger partial charge in [-0.15, -0.1) is 0 Å². The van der Waals surface area contributed by atoms with Crippen molar-refractivity contribution >= 4 is 17.3 Å². The molecule has 2 N–H and O–H groups in total. The van der Waals surface area contributed by atoms with Crippen LogP contribution < -0.4 is 24.8 Å². The van der Waals surface area contributed by atoms with Crippen LogP contribution in [0.5, 0.6) is 17.2 Å². The number of thiocarbonyl (C=S) groups is 1. The Morgan fingerprint density at radius 3 is 2.37 bits per heavy atom. The average Bonchev–Trinajstić information content (AvgIpc) is 2.78. The van der Waals surface area contributed by atoms with E-state index < -0.39 is 0 Å². The van der Waals surface area contributed by atoms with E-state index in [2.05, 4.69) is 39.8 Å². The summed E-state index contributed by atoms with van der Waals surface area (Å²) in [5.74, 6) is 2.39. The summed E-state index contributed by atoms with van der Waals surface area (Å²) in [7, 11) is 5.04. The smallest absolute Gasteiger partial charge is 0.166 e. The van der Waals surface area contributed by atoms with Crippen LogP contribution in [0, 0.1) is 0 Å². The van der Waals surface area contributed by atoms with Crippen LogP contribution in [0.15, 0.2) is 36.4 Å². The third-order valence-electron chi connectivity index (χ3n) is 5.45. The molecule has 0 spiro atoms. The normalized spacial score (nSPS) is 15.8. The van der Waals surface area contributed by atoms with E-state index in [1.54, 1.807) is 21.3 Å². The molecule has 0 bridgehead atoms.